The van der Waals surface area contributed by atoms with E-state index in [2.05, 4.69) is 4.74 Å². The number of carbonyl (C=O) groups is 1. The summed E-state index contributed by atoms with van der Waals surface area (Å²) in [5.41, 5.74) is 1.11. The van der Waals surface area contributed by atoms with Crippen LogP contribution >= 0.6 is 0 Å². The Balaban J connectivity index is 2.32. The predicted molar refractivity (Wildman–Crippen MR) is 74.0 cm³/mol. The zero-order chi connectivity index (χ0) is 14.7. The highest BCUT2D eigenvalue weighted by Crippen LogP contribution is 2.16. The molecule has 0 aliphatic heterocycles. The van der Waals surface area contributed by atoms with Crippen LogP contribution < -0.4 is 5.56 Å². The molecule has 0 radical (unpaired) electrons. The van der Waals surface area contributed by atoms with Gasteiger partial charge >= 0.3 is 5.97 Å². The number of esters is 1. The quantitative estimate of drug-likeness (QED) is 0.802. The Hall–Kier alpha value is -2.30. The number of aromatic nitrogens is 1. The molecule has 0 amide bonds. The van der Waals surface area contributed by atoms with Gasteiger partial charge in [0.15, 0.2) is 0 Å². The van der Waals surface area contributed by atoms with Crippen molar-refractivity contribution < 1.29 is 13.9 Å². The molecule has 0 spiro atoms. The van der Waals surface area contributed by atoms with E-state index < -0.39 is 5.97 Å². The van der Waals surface area contributed by atoms with Crippen molar-refractivity contribution in [2.45, 2.75) is 26.8 Å². The summed E-state index contributed by atoms with van der Waals surface area (Å²) in [5.74, 6) is 0.608. The van der Waals surface area contributed by atoms with E-state index in [0.717, 1.165) is 5.56 Å². The van der Waals surface area contributed by atoms with Gasteiger partial charge in [0, 0.05) is 11.8 Å². The molecular formula is C15H17NO4. The van der Waals surface area contributed by atoms with E-state index in [1.54, 1.807) is 23.8 Å². The van der Waals surface area contributed by atoms with Crippen LogP contribution in [0, 0.1) is 6.92 Å². The van der Waals surface area contributed by atoms with Gasteiger partial charge in [0.2, 0.25) is 0 Å². The molecule has 0 fully saturated rings. The third kappa shape index (κ3) is 2.66. The molecule has 106 valence electrons. The molecule has 0 aliphatic rings. The van der Waals surface area contributed by atoms with Crippen LogP contribution in [0.15, 0.2) is 33.6 Å². The van der Waals surface area contributed by atoms with Crippen molar-refractivity contribution in [2.75, 3.05) is 7.11 Å². The lowest BCUT2D eigenvalue weighted by Crippen LogP contribution is -2.22. The monoisotopic (exact) mass is 275 g/mol. The summed E-state index contributed by atoms with van der Waals surface area (Å²) >= 11 is 0. The van der Waals surface area contributed by atoms with Crippen molar-refractivity contribution in [1.82, 2.24) is 4.57 Å². The lowest BCUT2D eigenvalue weighted by Gasteiger charge is -2.04. The molecule has 0 saturated carbocycles. The normalized spacial score (nSPS) is 10.6. The van der Waals surface area contributed by atoms with Gasteiger partial charge in [-0.1, -0.05) is 13.0 Å². The number of pyridine rings is 1. The number of carbonyl (C=O) groups excluding carboxylic acids is 1. The van der Waals surface area contributed by atoms with Crippen molar-refractivity contribution in [3.05, 3.63) is 57.4 Å². The maximum Gasteiger partial charge on any atom is 0.341 e. The first-order valence-electron chi connectivity index (χ1n) is 6.42. The van der Waals surface area contributed by atoms with Crippen LogP contribution in [0.3, 0.4) is 0 Å². The lowest BCUT2D eigenvalue weighted by atomic mass is 10.2. The maximum atomic E-state index is 12.1. The molecule has 0 saturated heterocycles. The summed E-state index contributed by atoms with van der Waals surface area (Å²) in [4.78, 5) is 23.6. The molecule has 0 bridgehead atoms. The first-order valence-corrected chi connectivity index (χ1v) is 6.42. The molecule has 0 aromatic carbocycles. The Bertz CT molecular complexity index is 681. The second kappa shape index (κ2) is 5.77. The van der Waals surface area contributed by atoms with Gasteiger partial charge in [-0.05, 0) is 25.5 Å². The molecule has 5 nitrogen and oxygen atoms in total. The Morgan fingerprint density at radius 2 is 2.20 bits per heavy atom. The summed E-state index contributed by atoms with van der Waals surface area (Å²) in [7, 11) is 1.32. The van der Waals surface area contributed by atoms with Crippen LogP contribution in [0.2, 0.25) is 0 Å². The number of nitrogens with zero attached hydrogens (tertiary/aromatic N) is 1. The second-order valence-electron chi connectivity index (χ2n) is 4.49. The van der Waals surface area contributed by atoms with Crippen molar-refractivity contribution in [3.63, 3.8) is 0 Å². The fourth-order valence-electron chi connectivity index (χ4n) is 2.08. The summed E-state index contributed by atoms with van der Waals surface area (Å²) in [6, 6.07) is 5.26. The minimum atomic E-state index is -0.438. The summed E-state index contributed by atoms with van der Waals surface area (Å²) in [6.07, 6.45) is 2.39. The van der Waals surface area contributed by atoms with Crippen LogP contribution in [0.1, 0.15) is 34.4 Å². The van der Waals surface area contributed by atoms with E-state index in [-0.39, 0.29) is 5.56 Å². The van der Waals surface area contributed by atoms with Crippen LogP contribution in [-0.4, -0.2) is 17.6 Å². The largest absolute Gasteiger partial charge is 0.465 e. The van der Waals surface area contributed by atoms with Crippen LogP contribution in [-0.2, 0) is 17.7 Å². The standard InChI is InChI=1S/C15H17NO4/c1-4-11-6-5-7-16(14(11)17)9-12-8-13(10(2)20-12)15(18)19-3/h5-8H,4,9H2,1-3H3. The first-order chi connectivity index (χ1) is 9.56. The molecule has 0 atom stereocenters. The van der Waals surface area contributed by atoms with Gasteiger partial charge in [-0.15, -0.1) is 0 Å². The molecule has 0 aliphatic carbocycles. The molecule has 2 aromatic heterocycles. The van der Waals surface area contributed by atoms with Gasteiger partial charge in [0.05, 0.1) is 13.7 Å². The number of furan rings is 1. The number of methoxy groups -OCH3 is 1. The van der Waals surface area contributed by atoms with Gasteiger partial charge in [-0.25, -0.2) is 4.79 Å². The van der Waals surface area contributed by atoms with Gasteiger partial charge < -0.3 is 13.7 Å². The Labute approximate surface area is 116 Å². The van der Waals surface area contributed by atoms with E-state index in [0.29, 0.717) is 30.0 Å². The van der Waals surface area contributed by atoms with Gasteiger partial charge in [-0.3, -0.25) is 4.79 Å². The number of rotatable bonds is 4. The van der Waals surface area contributed by atoms with E-state index in [1.165, 1.54) is 7.11 Å². The van der Waals surface area contributed by atoms with E-state index in [9.17, 15) is 9.59 Å². The van der Waals surface area contributed by atoms with Crippen LogP contribution in [0.4, 0.5) is 0 Å². The third-order valence-corrected chi connectivity index (χ3v) is 3.18. The van der Waals surface area contributed by atoms with E-state index in [4.69, 9.17) is 4.42 Å². The van der Waals surface area contributed by atoms with Gasteiger partial charge in [0.1, 0.15) is 17.1 Å². The fraction of sp³-hybridized carbons (Fsp3) is 0.333. The van der Waals surface area contributed by atoms with E-state index >= 15 is 0 Å². The lowest BCUT2D eigenvalue weighted by molar-refractivity contribution is 0.0599. The van der Waals surface area contributed by atoms with Crippen molar-refractivity contribution in [3.8, 4) is 0 Å². The third-order valence-electron chi connectivity index (χ3n) is 3.18. The summed E-state index contributed by atoms with van der Waals surface area (Å²) in [6.45, 7) is 3.93. The Morgan fingerprint density at radius 1 is 1.45 bits per heavy atom. The molecular weight excluding hydrogens is 258 g/mol. The number of aryl methyl sites for hydroxylation is 2. The molecule has 5 heteroatoms. The zero-order valence-corrected chi connectivity index (χ0v) is 11.8. The van der Waals surface area contributed by atoms with E-state index in [1.807, 2.05) is 19.1 Å². The molecule has 2 heterocycles. The first kappa shape index (κ1) is 14.1. The topological polar surface area (TPSA) is 61.4 Å². The Kier molecular flexibility index (Phi) is 4.08. The molecule has 0 unspecified atom stereocenters. The molecule has 2 rings (SSSR count). The van der Waals surface area contributed by atoms with Gasteiger partial charge in [-0.2, -0.15) is 0 Å². The van der Waals surface area contributed by atoms with Gasteiger partial charge in [0.25, 0.3) is 5.56 Å². The molecule has 20 heavy (non-hydrogen) atoms. The highest BCUT2D eigenvalue weighted by atomic mass is 16.5. The van der Waals surface area contributed by atoms with Crippen molar-refractivity contribution in [1.29, 1.82) is 0 Å². The number of hydrogen-bond donors (Lipinski definition) is 0. The minimum absolute atomic E-state index is 0.0383. The predicted octanol–water partition coefficient (Wildman–Crippen LogP) is 2.15. The van der Waals surface area contributed by atoms with Crippen LogP contribution in [0.5, 0.6) is 0 Å². The number of ether oxygens (including phenoxy) is 1. The SMILES string of the molecule is CCc1cccn(Cc2cc(C(=O)OC)c(C)o2)c1=O. The average molecular weight is 275 g/mol. The average Bonchev–Trinajstić information content (AvgIpc) is 2.81. The summed E-state index contributed by atoms with van der Waals surface area (Å²) in [5, 5.41) is 0. The highest BCUT2D eigenvalue weighted by Gasteiger charge is 2.15. The fourth-order valence-corrected chi connectivity index (χ4v) is 2.08. The van der Waals surface area contributed by atoms with Crippen molar-refractivity contribution in [2.24, 2.45) is 0 Å². The number of hydrogen-bond acceptors (Lipinski definition) is 4. The maximum absolute atomic E-state index is 12.1. The molecule has 2 aromatic rings. The Morgan fingerprint density at radius 3 is 2.85 bits per heavy atom. The summed E-state index contributed by atoms with van der Waals surface area (Å²) < 4.78 is 11.8. The van der Waals surface area contributed by atoms with Crippen LogP contribution in [0.25, 0.3) is 0 Å². The zero-order valence-electron chi connectivity index (χ0n) is 11.8. The second-order valence-corrected chi connectivity index (χ2v) is 4.49. The smallest absolute Gasteiger partial charge is 0.341 e. The molecule has 0 N–H and O–H groups in total. The van der Waals surface area contributed by atoms with Crippen molar-refractivity contribution >= 4 is 5.97 Å². The highest BCUT2D eigenvalue weighted by molar-refractivity contribution is 5.90. The minimum Gasteiger partial charge on any atom is -0.465 e.